The van der Waals surface area contributed by atoms with Crippen LogP contribution in [0, 0.1) is 0 Å². The summed E-state index contributed by atoms with van der Waals surface area (Å²) in [5, 5.41) is 8.83. The van der Waals surface area contributed by atoms with Gasteiger partial charge in [0.25, 0.3) is 0 Å². The van der Waals surface area contributed by atoms with Crippen LogP contribution in [-0.4, -0.2) is 52.2 Å². The highest BCUT2D eigenvalue weighted by Crippen LogP contribution is 2.33. The lowest BCUT2D eigenvalue weighted by molar-refractivity contribution is -0.140. The Labute approximate surface area is 210 Å². The summed E-state index contributed by atoms with van der Waals surface area (Å²) in [5.74, 6) is -0.594. The Morgan fingerprint density at radius 3 is 2.60 bits per heavy atom. The van der Waals surface area contributed by atoms with E-state index in [0.29, 0.717) is 11.6 Å². The van der Waals surface area contributed by atoms with Crippen molar-refractivity contribution in [3.63, 3.8) is 0 Å². The Morgan fingerprint density at radius 2 is 1.86 bits per heavy atom. The minimum absolute atomic E-state index is 0.0130. The summed E-state index contributed by atoms with van der Waals surface area (Å²) in [6.07, 6.45) is 5.02. The van der Waals surface area contributed by atoms with E-state index in [-0.39, 0.29) is 30.5 Å². The molecule has 1 heterocycles. The van der Waals surface area contributed by atoms with E-state index in [1.807, 2.05) is 37.4 Å². The van der Waals surface area contributed by atoms with E-state index in [4.69, 9.17) is 21.1 Å². The van der Waals surface area contributed by atoms with E-state index in [1.54, 1.807) is 22.7 Å². The minimum atomic E-state index is -0.349. The molecule has 1 amide bonds. The van der Waals surface area contributed by atoms with Crippen LogP contribution in [0.5, 0.6) is 0 Å². The van der Waals surface area contributed by atoms with Gasteiger partial charge in [-0.2, -0.15) is 0 Å². The molecule has 1 aliphatic rings. The third-order valence-electron chi connectivity index (χ3n) is 6.65. The maximum absolute atomic E-state index is 12.7. The molecule has 4 rings (SSSR count). The van der Waals surface area contributed by atoms with Gasteiger partial charge in [0.15, 0.2) is 0 Å². The quantitative estimate of drug-likeness (QED) is 0.415. The van der Waals surface area contributed by atoms with E-state index >= 15 is 0 Å². The Kier molecular flexibility index (Phi) is 7.90. The van der Waals surface area contributed by atoms with Gasteiger partial charge in [0, 0.05) is 25.0 Å². The predicted octanol–water partition coefficient (Wildman–Crippen LogP) is 5.22. The first-order chi connectivity index (χ1) is 16.9. The molecule has 0 N–H and O–H groups in total. The van der Waals surface area contributed by atoms with Crippen LogP contribution in [0.1, 0.15) is 61.1 Å². The number of carbonyl (C=O) groups is 2. The lowest BCUT2D eigenvalue weighted by Gasteiger charge is -2.26. The highest BCUT2D eigenvalue weighted by Gasteiger charge is 2.23. The molecule has 1 atom stereocenters. The van der Waals surface area contributed by atoms with Gasteiger partial charge in [0.05, 0.1) is 25.6 Å². The number of amides is 1. The zero-order valence-corrected chi connectivity index (χ0v) is 21.1. The number of benzene rings is 2. The monoisotopic (exact) mass is 498 g/mol. The third kappa shape index (κ3) is 5.93. The number of halogens is 1. The zero-order chi connectivity index (χ0) is 24.9. The number of nitrogens with zero attached hydrogens (tertiary/aromatic N) is 4. The van der Waals surface area contributed by atoms with Crippen molar-refractivity contribution in [2.75, 3.05) is 14.2 Å². The van der Waals surface area contributed by atoms with Crippen LogP contribution in [0.3, 0.4) is 0 Å². The Bertz CT molecular complexity index is 1210. The fraction of sp³-hybridized carbons (Fsp3) is 0.462. The van der Waals surface area contributed by atoms with E-state index in [1.165, 1.54) is 13.5 Å². The number of aryl methyl sites for hydroxylation is 1. The molecule has 1 fully saturated rings. The molecule has 1 aromatic heterocycles. The maximum atomic E-state index is 12.7. The standard InChI is InChI=1S/C26H31ClN4O4/c1-30(26(33)35-20-7-5-4-6-8-20)16-19-13-17(9-11-22(19)27)21(15-25(32)34-3)18-10-12-24-23(14-18)28-29-31(24)2/h9-14,20-21H,4-8,15-16H2,1-3H3. The highest BCUT2D eigenvalue weighted by molar-refractivity contribution is 6.31. The molecule has 9 heteroatoms. The summed E-state index contributed by atoms with van der Waals surface area (Å²) in [7, 11) is 4.93. The van der Waals surface area contributed by atoms with Crippen LogP contribution < -0.4 is 0 Å². The largest absolute Gasteiger partial charge is 0.469 e. The number of ether oxygens (including phenoxy) is 2. The summed E-state index contributed by atoms with van der Waals surface area (Å²) in [6.45, 7) is 0.298. The number of methoxy groups -OCH3 is 1. The predicted molar refractivity (Wildman–Crippen MR) is 133 cm³/mol. The maximum Gasteiger partial charge on any atom is 0.410 e. The molecule has 8 nitrogen and oxygen atoms in total. The molecule has 0 bridgehead atoms. The lowest BCUT2D eigenvalue weighted by Crippen LogP contribution is -2.31. The van der Waals surface area contributed by atoms with Crippen LogP contribution in [0.2, 0.25) is 5.02 Å². The molecule has 35 heavy (non-hydrogen) atoms. The van der Waals surface area contributed by atoms with Gasteiger partial charge in [-0.1, -0.05) is 41.4 Å². The van der Waals surface area contributed by atoms with Crippen molar-refractivity contribution in [2.24, 2.45) is 7.05 Å². The number of carbonyl (C=O) groups excluding carboxylic acids is 2. The van der Waals surface area contributed by atoms with E-state index in [2.05, 4.69) is 10.3 Å². The van der Waals surface area contributed by atoms with Crippen molar-refractivity contribution >= 4 is 34.7 Å². The van der Waals surface area contributed by atoms with Gasteiger partial charge >= 0.3 is 12.1 Å². The molecule has 1 saturated carbocycles. The number of rotatable bonds is 7. The molecule has 0 radical (unpaired) electrons. The molecule has 0 saturated heterocycles. The van der Waals surface area contributed by atoms with Gasteiger partial charge < -0.3 is 14.4 Å². The van der Waals surface area contributed by atoms with Gasteiger partial charge in [-0.3, -0.25) is 4.79 Å². The summed E-state index contributed by atoms with van der Waals surface area (Å²) in [6, 6.07) is 11.5. The fourth-order valence-electron chi connectivity index (χ4n) is 4.62. The summed E-state index contributed by atoms with van der Waals surface area (Å²) in [4.78, 5) is 26.5. The SMILES string of the molecule is COC(=O)CC(c1ccc(Cl)c(CN(C)C(=O)OC2CCCCC2)c1)c1ccc2c(c1)nnn2C. The minimum Gasteiger partial charge on any atom is -0.469 e. The van der Waals surface area contributed by atoms with Gasteiger partial charge in [-0.25, -0.2) is 9.48 Å². The van der Waals surface area contributed by atoms with Crippen molar-refractivity contribution in [1.82, 2.24) is 19.9 Å². The number of esters is 1. The third-order valence-corrected chi connectivity index (χ3v) is 7.02. The topological polar surface area (TPSA) is 86.6 Å². The van der Waals surface area contributed by atoms with E-state index < -0.39 is 0 Å². The van der Waals surface area contributed by atoms with Gasteiger partial charge in [0.1, 0.15) is 11.6 Å². The number of hydrogen-bond donors (Lipinski definition) is 0. The molecule has 1 unspecified atom stereocenters. The molecule has 0 aliphatic heterocycles. The molecule has 3 aromatic rings. The summed E-state index contributed by atoms with van der Waals surface area (Å²) in [5.41, 5.74) is 4.25. The van der Waals surface area contributed by atoms with E-state index in [0.717, 1.165) is 53.4 Å². The van der Waals surface area contributed by atoms with Crippen LogP contribution in [0.25, 0.3) is 11.0 Å². The van der Waals surface area contributed by atoms with Gasteiger partial charge in [0.2, 0.25) is 0 Å². The average Bonchev–Trinajstić information content (AvgIpc) is 3.24. The summed E-state index contributed by atoms with van der Waals surface area (Å²) < 4.78 is 12.4. The first kappa shape index (κ1) is 25.0. The summed E-state index contributed by atoms with van der Waals surface area (Å²) >= 11 is 6.51. The second kappa shape index (κ2) is 11.1. The highest BCUT2D eigenvalue weighted by atomic mass is 35.5. The molecule has 0 spiro atoms. The number of hydrogen-bond acceptors (Lipinski definition) is 6. The first-order valence-electron chi connectivity index (χ1n) is 11.9. The van der Waals surface area contributed by atoms with Crippen molar-refractivity contribution in [2.45, 2.75) is 57.1 Å². The van der Waals surface area contributed by atoms with Crippen molar-refractivity contribution < 1.29 is 19.1 Å². The normalized spacial score (nSPS) is 15.1. The van der Waals surface area contributed by atoms with Crippen LogP contribution in [-0.2, 0) is 27.9 Å². The average molecular weight is 499 g/mol. The molecular weight excluding hydrogens is 468 g/mol. The van der Waals surface area contributed by atoms with Crippen LogP contribution in [0.15, 0.2) is 36.4 Å². The first-order valence-corrected chi connectivity index (χ1v) is 12.3. The Morgan fingerprint density at radius 1 is 1.14 bits per heavy atom. The Hall–Kier alpha value is -3.13. The van der Waals surface area contributed by atoms with Crippen molar-refractivity contribution in [3.05, 3.63) is 58.1 Å². The Balaban J connectivity index is 1.58. The van der Waals surface area contributed by atoms with Gasteiger partial charge in [-0.05, 0) is 60.6 Å². The number of aromatic nitrogens is 3. The fourth-order valence-corrected chi connectivity index (χ4v) is 4.80. The van der Waals surface area contributed by atoms with Crippen LogP contribution >= 0.6 is 11.6 Å². The van der Waals surface area contributed by atoms with Crippen molar-refractivity contribution in [1.29, 1.82) is 0 Å². The van der Waals surface area contributed by atoms with Crippen molar-refractivity contribution in [3.8, 4) is 0 Å². The molecule has 186 valence electrons. The second-order valence-electron chi connectivity index (χ2n) is 9.14. The van der Waals surface area contributed by atoms with E-state index in [9.17, 15) is 9.59 Å². The lowest BCUT2D eigenvalue weighted by atomic mass is 9.87. The molecule has 1 aliphatic carbocycles. The number of fused-ring (bicyclic) bond motifs is 1. The second-order valence-corrected chi connectivity index (χ2v) is 9.55. The zero-order valence-electron chi connectivity index (χ0n) is 20.4. The molecular formula is C26H31ClN4O4. The van der Waals surface area contributed by atoms with Crippen LogP contribution in [0.4, 0.5) is 4.79 Å². The smallest absolute Gasteiger partial charge is 0.410 e. The van der Waals surface area contributed by atoms with Gasteiger partial charge in [-0.15, -0.1) is 5.10 Å². The molecule has 2 aromatic carbocycles.